The Balaban J connectivity index is 1.77. The minimum Gasteiger partial charge on any atom is -0.465 e. The quantitative estimate of drug-likeness (QED) is 0.297. The molecule has 3 aromatic rings. The number of aromatic nitrogens is 1. The van der Waals surface area contributed by atoms with Crippen molar-refractivity contribution < 1.29 is 27.5 Å². The number of aryl methyl sites for hydroxylation is 1. The molecule has 1 aliphatic rings. The van der Waals surface area contributed by atoms with Crippen molar-refractivity contribution in [3.8, 4) is 0 Å². The molecule has 1 saturated heterocycles. The number of esters is 1. The Bertz CT molecular complexity index is 1470. The van der Waals surface area contributed by atoms with Crippen LogP contribution in [0.15, 0.2) is 47.4 Å². The van der Waals surface area contributed by atoms with Crippen LogP contribution in [-0.4, -0.2) is 68.2 Å². The van der Waals surface area contributed by atoms with Crippen LogP contribution in [0.1, 0.15) is 36.7 Å². The molecular weight excluding hydrogens is 609 g/mol. The first-order valence-electron chi connectivity index (χ1n) is 11.7. The topological polar surface area (TPSA) is 98.1 Å². The standard InChI is InChI=1S/C26H30IN3O6S/c1-16-7-9-18(10-8-16)37(33,34)30-22(27)13-20-21(12-11-19(23(20)30)24(31)35-6)28(5)17-14-29(15-17)25(32)36-26(2,3)4/h7-13,17H,14-15H2,1-6H3. The molecule has 0 aliphatic carbocycles. The molecule has 0 radical (unpaired) electrons. The SMILES string of the molecule is COC(=O)c1ccc(N(C)C2CN(C(=O)OC(C)(C)C)C2)c2cc(I)n(S(=O)(=O)c3ccc(C)cc3)c12. The number of likely N-dealkylation sites (tertiary alicyclic amines) is 1. The zero-order chi connectivity index (χ0) is 27.3. The van der Waals surface area contributed by atoms with Crippen LogP contribution in [0.2, 0.25) is 0 Å². The molecule has 1 aliphatic heterocycles. The number of rotatable bonds is 5. The largest absolute Gasteiger partial charge is 0.465 e. The van der Waals surface area contributed by atoms with Gasteiger partial charge in [-0.05, 0) is 80.6 Å². The van der Waals surface area contributed by atoms with Gasteiger partial charge in [-0.2, -0.15) is 0 Å². The number of benzene rings is 2. The van der Waals surface area contributed by atoms with Gasteiger partial charge in [0.2, 0.25) is 0 Å². The van der Waals surface area contributed by atoms with Crippen LogP contribution in [-0.2, 0) is 19.5 Å². The van der Waals surface area contributed by atoms with E-state index in [2.05, 4.69) is 0 Å². The highest BCUT2D eigenvalue weighted by Crippen LogP contribution is 2.37. The Kier molecular flexibility index (Phi) is 7.23. The van der Waals surface area contributed by atoms with Crippen molar-refractivity contribution in [2.45, 2.75) is 44.2 Å². The van der Waals surface area contributed by atoms with E-state index in [9.17, 15) is 18.0 Å². The summed E-state index contributed by atoms with van der Waals surface area (Å²) in [7, 11) is -0.857. The number of hydrogen-bond acceptors (Lipinski definition) is 7. The molecular formula is C26H30IN3O6S. The summed E-state index contributed by atoms with van der Waals surface area (Å²) >= 11 is 1.97. The van der Waals surface area contributed by atoms with Crippen molar-refractivity contribution in [3.05, 3.63) is 57.3 Å². The Labute approximate surface area is 230 Å². The third kappa shape index (κ3) is 5.15. The van der Waals surface area contributed by atoms with Crippen molar-refractivity contribution in [3.63, 3.8) is 0 Å². The summed E-state index contributed by atoms with van der Waals surface area (Å²) in [5.74, 6) is -0.631. The predicted octanol–water partition coefficient (Wildman–Crippen LogP) is 4.63. The first kappa shape index (κ1) is 27.2. The van der Waals surface area contributed by atoms with Gasteiger partial charge in [-0.15, -0.1) is 0 Å². The molecule has 0 N–H and O–H groups in total. The van der Waals surface area contributed by atoms with Gasteiger partial charge >= 0.3 is 12.1 Å². The Morgan fingerprint density at radius 3 is 2.27 bits per heavy atom. The van der Waals surface area contributed by atoms with E-state index in [0.717, 1.165) is 11.3 Å². The zero-order valence-electron chi connectivity index (χ0n) is 21.6. The van der Waals surface area contributed by atoms with E-state index in [-0.39, 0.29) is 28.1 Å². The van der Waals surface area contributed by atoms with Crippen molar-refractivity contribution in [2.75, 3.05) is 32.1 Å². The van der Waals surface area contributed by atoms with Gasteiger partial charge < -0.3 is 19.3 Å². The number of halogens is 1. The van der Waals surface area contributed by atoms with E-state index in [1.54, 1.807) is 47.4 Å². The van der Waals surface area contributed by atoms with Gasteiger partial charge in [-0.25, -0.2) is 22.0 Å². The van der Waals surface area contributed by atoms with Crippen LogP contribution >= 0.6 is 22.6 Å². The number of nitrogens with zero attached hydrogens (tertiary/aromatic N) is 3. The molecule has 2 aromatic carbocycles. The molecule has 0 atom stereocenters. The molecule has 198 valence electrons. The minimum atomic E-state index is -4.01. The summed E-state index contributed by atoms with van der Waals surface area (Å²) in [6, 6.07) is 11.7. The molecule has 9 nitrogen and oxygen atoms in total. The fraction of sp³-hybridized carbons (Fsp3) is 0.385. The van der Waals surface area contributed by atoms with Gasteiger partial charge in [0.1, 0.15) is 5.60 Å². The molecule has 4 rings (SSSR count). The van der Waals surface area contributed by atoms with Gasteiger partial charge in [-0.1, -0.05) is 17.7 Å². The smallest absolute Gasteiger partial charge is 0.410 e. The van der Waals surface area contributed by atoms with Crippen molar-refractivity contribution in [2.24, 2.45) is 0 Å². The van der Waals surface area contributed by atoms with E-state index in [0.29, 0.717) is 22.2 Å². The van der Waals surface area contributed by atoms with Crippen LogP contribution < -0.4 is 4.90 Å². The first-order chi connectivity index (χ1) is 17.2. The summed E-state index contributed by atoms with van der Waals surface area (Å²) in [6.45, 7) is 8.28. The maximum Gasteiger partial charge on any atom is 0.410 e. The van der Waals surface area contributed by atoms with Crippen molar-refractivity contribution in [1.82, 2.24) is 8.87 Å². The fourth-order valence-electron chi connectivity index (χ4n) is 4.25. The van der Waals surface area contributed by atoms with Gasteiger partial charge in [-0.3, -0.25) is 0 Å². The van der Waals surface area contributed by atoms with Crippen molar-refractivity contribution in [1.29, 1.82) is 0 Å². The predicted molar refractivity (Wildman–Crippen MR) is 150 cm³/mol. The molecule has 1 aromatic heterocycles. The maximum absolute atomic E-state index is 13.8. The third-order valence-electron chi connectivity index (χ3n) is 6.26. The number of amides is 1. The maximum atomic E-state index is 13.8. The number of fused-ring (bicyclic) bond motifs is 1. The molecule has 1 fully saturated rings. The second-order valence-corrected chi connectivity index (χ2v) is 13.0. The summed E-state index contributed by atoms with van der Waals surface area (Å²) in [4.78, 5) is 28.8. The van der Waals surface area contributed by atoms with Gasteiger partial charge in [0.15, 0.2) is 0 Å². The summed E-state index contributed by atoms with van der Waals surface area (Å²) < 4.78 is 39.6. The molecule has 0 saturated carbocycles. The Morgan fingerprint density at radius 1 is 1.08 bits per heavy atom. The monoisotopic (exact) mass is 639 g/mol. The van der Waals surface area contributed by atoms with Gasteiger partial charge in [0.05, 0.1) is 32.8 Å². The van der Waals surface area contributed by atoms with Crippen LogP contribution in [0.25, 0.3) is 10.9 Å². The highest BCUT2D eigenvalue weighted by atomic mass is 127. The molecule has 1 amide bonds. The Hall–Kier alpha value is -2.80. The molecule has 0 spiro atoms. The second-order valence-electron chi connectivity index (χ2n) is 10.1. The van der Waals surface area contributed by atoms with Crippen molar-refractivity contribution >= 4 is 61.3 Å². The highest BCUT2D eigenvalue weighted by molar-refractivity contribution is 14.1. The third-order valence-corrected chi connectivity index (χ3v) is 9.11. The molecule has 37 heavy (non-hydrogen) atoms. The van der Waals surface area contributed by atoms with Crippen LogP contribution in [0.3, 0.4) is 0 Å². The van der Waals surface area contributed by atoms with Crippen LogP contribution in [0, 0.1) is 10.6 Å². The number of methoxy groups -OCH3 is 1. The lowest BCUT2D eigenvalue weighted by Gasteiger charge is -2.45. The molecule has 2 heterocycles. The minimum absolute atomic E-state index is 0.00517. The van der Waals surface area contributed by atoms with Gasteiger partial charge in [0, 0.05) is 31.2 Å². The first-order valence-corrected chi connectivity index (χ1v) is 14.2. The second kappa shape index (κ2) is 9.82. The van der Waals surface area contributed by atoms with Gasteiger partial charge in [0.25, 0.3) is 10.0 Å². The average molecular weight is 640 g/mol. The lowest BCUT2D eigenvalue weighted by atomic mass is 10.0. The summed E-state index contributed by atoms with van der Waals surface area (Å²) in [5.41, 5.74) is 1.51. The van der Waals surface area contributed by atoms with E-state index in [1.807, 2.05) is 62.2 Å². The lowest BCUT2D eigenvalue weighted by Crippen LogP contribution is -2.61. The average Bonchev–Trinajstić information content (AvgIpc) is 3.13. The normalized spacial score (nSPS) is 14.4. The summed E-state index contributed by atoms with van der Waals surface area (Å²) in [5, 5.41) is 0.598. The molecule has 11 heteroatoms. The van der Waals surface area contributed by atoms with E-state index < -0.39 is 21.6 Å². The highest BCUT2D eigenvalue weighted by Gasteiger charge is 2.37. The number of anilines is 1. The lowest BCUT2D eigenvalue weighted by molar-refractivity contribution is 0.00851. The van der Waals surface area contributed by atoms with E-state index in [4.69, 9.17) is 9.47 Å². The van der Waals surface area contributed by atoms with E-state index in [1.165, 1.54) is 11.1 Å². The van der Waals surface area contributed by atoms with Crippen LogP contribution in [0.5, 0.6) is 0 Å². The van der Waals surface area contributed by atoms with Crippen LogP contribution in [0.4, 0.5) is 10.5 Å². The Morgan fingerprint density at radius 2 is 1.70 bits per heavy atom. The summed E-state index contributed by atoms with van der Waals surface area (Å²) in [6.07, 6.45) is -0.367. The number of hydrogen-bond donors (Lipinski definition) is 0. The number of carbonyl (C=O) groups is 2. The molecule has 0 unspecified atom stereocenters. The fourth-order valence-corrected chi connectivity index (χ4v) is 6.99. The molecule has 0 bridgehead atoms. The number of carbonyl (C=O) groups excluding carboxylic acids is 2. The number of ether oxygens (including phenoxy) is 2. The zero-order valence-corrected chi connectivity index (χ0v) is 24.6. The van der Waals surface area contributed by atoms with E-state index >= 15 is 0 Å². The number of likely N-dealkylation sites (N-methyl/N-ethyl adjacent to an activating group) is 1.